The van der Waals surface area contributed by atoms with Gasteiger partial charge in [-0.25, -0.2) is 4.79 Å². The zero-order chi connectivity index (χ0) is 14.8. The maximum atomic E-state index is 12.1. The van der Waals surface area contributed by atoms with Gasteiger partial charge in [-0.2, -0.15) is 0 Å². The number of ether oxygens (including phenoxy) is 1. The molecule has 5 nitrogen and oxygen atoms in total. The fourth-order valence-corrected chi connectivity index (χ4v) is 1.96. The third kappa shape index (κ3) is 4.40. The van der Waals surface area contributed by atoms with E-state index in [1.807, 2.05) is 32.6 Å². The first-order chi connectivity index (χ1) is 8.61. The van der Waals surface area contributed by atoms with E-state index in [1.165, 1.54) is 4.90 Å². The van der Waals surface area contributed by atoms with Crippen molar-refractivity contribution >= 4 is 12.0 Å². The molecule has 2 amide bonds. The molecule has 19 heavy (non-hydrogen) atoms. The number of amides is 2. The third-order valence-electron chi connectivity index (χ3n) is 3.37. The van der Waals surface area contributed by atoms with Crippen molar-refractivity contribution in [3.05, 3.63) is 0 Å². The number of hydrogen-bond donors (Lipinski definition) is 0. The highest BCUT2D eigenvalue weighted by Gasteiger charge is 2.32. The average molecular weight is 270 g/mol. The lowest BCUT2D eigenvalue weighted by molar-refractivity contribution is -0.139. The molecule has 0 bridgehead atoms. The number of rotatable bonds is 2. The maximum Gasteiger partial charge on any atom is 0.410 e. The standard InChI is InChI=1S/C14H26N2O3/c1-10(2)11(3)16-8-7-15(9-12(16)17)13(18)19-14(4,5)6/h10-11H,7-9H2,1-6H3/t11-/m0/s1. The Kier molecular flexibility index (Phi) is 4.82. The van der Waals surface area contributed by atoms with Crippen LogP contribution in [0.25, 0.3) is 0 Å². The first-order valence-electron chi connectivity index (χ1n) is 6.89. The molecule has 0 aromatic carbocycles. The van der Waals surface area contributed by atoms with Gasteiger partial charge in [0.15, 0.2) is 0 Å². The first kappa shape index (κ1) is 15.8. The van der Waals surface area contributed by atoms with E-state index in [9.17, 15) is 9.59 Å². The topological polar surface area (TPSA) is 49.9 Å². The Labute approximate surface area is 115 Å². The molecule has 0 aromatic rings. The van der Waals surface area contributed by atoms with E-state index in [2.05, 4.69) is 13.8 Å². The molecule has 1 atom stereocenters. The molecule has 1 aliphatic heterocycles. The van der Waals surface area contributed by atoms with Crippen LogP contribution in [-0.4, -0.2) is 53.1 Å². The van der Waals surface area contributed by atoms with Crippen LogP contribution in [0.1, 0.15) is 41.5 Å². The van der Waals surface area contributed by atoms with E-state index in [0.717, 1.165) is 0 Å². The van der Waals surface area contributed by atoms with Gasteiger partial charge in [0.2, 0.25) is 5.91 Å². The summed E-state index contributed by atoms with van der Waals surface area (Å²) in [4.78, 5) is 27.3. The minimum absolute atomic E-state index is 0.00157. The molecule has 0 saturated carbocycles. The molecule has 0 radical (unpaired) electrons. The van der Waals surface area contributed by atoms with Gasteiger partial charge in [-0.1, -0.05) is 13.8 Å². The summed E-state index contributed by atoms with van der Waals surface area (Å²) >= 11 is 0. The van der Waals surface area contributed by atoms with E-state index in [1.54, 1.807) is 0 Å². The minimum Gasteiger partial charge on any atom is -0.444 e. The second-order valence-corrected chi connectivity index (χ2v) is 6.47. The molecule has 0 unspecified atom stereocenters. The normalized spacial score (nSPS) is 18.8. The highest BCUT2D eigenvalue weighted by Crippen LogP contribution is 2.16. The predicted octanol–water partition coefficient (Wildman–Crippen LogP) is 2.11. The second kappa shape index (κ2) is 5.80. The van der Waals surface area contributed by atoms with Crippen molar-refractivity contribution in [3.8, 4) is 0 Å². The summed E-state index contributed by atoms with van der Waals surface area (Å²) in [6.45, 7) is 12.9. The van der Waals surface area contributed by atoms with E-state index >= 15 is 0 Å². The predicted molar refractivity (Wildman–Crippen MR) is 73.8 cm³/mol. The van der Waals surface area contributed by atoms with Gasteiger partial charge in [0.05, 0.1) is 0 Å². The van der Waals surface area contributed by atoms with Gasteiger partial charge >= 0.3 is 6.09 Å². The van der Waals surface area contributed by atoms with Gasteiger partial charge < -0.3 is 9.64 Å². The van der Waals surface area contributed by atoms with Crippen LogP contribution in [0.4, 0.5) is 4.79 Å². The molecule has 1 aliphatic rings. The van der Waals surface area contributed by atoms with Crippen LogP contribution < -0.4 is 0 Å². The van der Waals surface area contributed by atoms with Crippen LogP contribution in [-0.2, 0) is 9.53 Å². The Morgan fingerprint density at radius 3 is 2.21 bits per heavy atom. The molecule has 0 N–H and O–H groups in total. The SMILES string of the molecule is CC(C)[C@H](C)N1CCN(C(=O)OC(C)(C)C)CC1=O. The number of carbonyl (C=O) groups excluding carboxylic acids is 2. The van der Waals surface area contributed by atoms with Crippen LogP contribution in [0, 0.1) is 5.92 Å². The Morgan fingerprint density at radius 2 is 1.79 bits per heavy atom. The molecule has 1 fully saturated rings. The summed E-state index contributed by atoms with van der Waals surface area (Å²) in [7, 11) is 0. The molecule has 0 spiro atoms. The fraction of sp³-hybridized carbons (Fsp3) is 0.857. The van der Waals surface area contributed by atoms with Crippen LogP contribution in [0.5, 0.6) is 0 Å². The fourth-order valence-electron chi connectivity index (χ4n) is 1.96. The van der Waals surface area contributed by atoms with Gasteiger partial charge in [0.1, 0.15) is 12.1 Å². The summed E-state index contributed by atoms with van der Waals surface area (Å²) in [5.74, 6) is 0.412. The first-order valence-corrected chi connectivity index (χ1v) is 6.89. The van der Waals surface area contributed by atoms with E-state index in [0.29, 0.717) is 19.0 Å². The molecule has 0 aromatic heterocycles. The number of piperazine rings is 1. The van der Waals surface area contributed by atoms with Crippen molar-refractivity contribution in [1.29, 1.82) is 0 Å². The molecule has 1 saturated heterocycles. The van der Waals surface area contributed by atoms with Gasteiger partial charge in [-0.3, -0.25) is 9.69 Å². The van der Waals surface area contributed by atoms with Crippen LogP contribution in [0.15, 0.2) is 0 Å². The zero-order valence-electron chi connectivity index (χ0n) is 12.9. The Bertz CT molecular complexity index is 347. The Hall–Kier alpha value is -1.26. The van der Waals surface area contributed by atoms with Gasteiger partial charge in [-0.15, -0.1) is 0 Å². The Morgan fingerprint density at radius 1 is 1.21 bits per heavy atom. The number of nitrogens with zero attached hydrogens (tertiary/aromatic N) is 2. The summed E-state index contributed by atoms with van der Waals surface area (Å²) in [6, 6.07) is 0.202. The van der Waals surface area contributed by atoms with Gasteiger partial charge in [0.25, 0.3) is 0 Å². The summed E-state index contributed by atoms with van der Waals surface area (Å²) in [5, 5.41) is 0. The van der Waals surface area contributed by atoms with Crippen molar-refractivity contribution in [2.45, 2.75) is 53.2 Å². The lowest BCUT2D eigenvalue weighted by Gasteiger charge is -2.39. The molecular formula is C14H26N2O3. The van der Waals surface area contributed by atoms with Gasteiger partial charge in [-0.05, 0) is 33.6 Å². The smallest absolute Gasteiger partial charge is 0.410 e. The largest absolute Gasteiger partial charge is 0.444 e. The second-order valence-electron chi connectivity index (χ2n) is 6.47. The third-order valence-corrected chi connectivity index (χ3v) is 3.37. The van der Waals surface area contributed by atoms with Crippen LogP contribution >= 0.6 is 0 Å². The monoisotopic (exact) mass is 270 g/mol. The van der Waals surface area contributed by atoms with E-state index < -0.39 is 11.7 Å². The zero-order valence-corrected chi connectivity index (χ0v) is 12.9. The number of hydrogen-bond acceptors (Lipinski definition) is 3. The summed E-state index contributed by atoms with van der Waals surface area (Å²) < 4.78 is 5.28. The summed E-state index contributed by atoms with van der Waals surface area (Å²) in [6.07, 6.45) is -0.405. The molecule has 110 valence electrons. The molecule has 1 heterocycles. The van der Waals surface area contributed by atoms with Crippen molar-refractivity contribution in [3.63, 3.8) is 0 Å². The molecule has 1 rings (SSSR count). The quantitative estimate of drug-likeness (QED) is 0.772. The van der Waals surface area contributed by atoms with Crippen LogP contribution in [0.2, 0.25) is 0 Å². The van der Waals surface area contributed by atoms with Crippen LogP contribution in [0.3, 0.4) is 0 Å². The molecule has 0 aliphatic carbocycles. The lowest BCUT2D eigenvalue weighted by Crippen LogP contribution is -2.56. The molecule has 5 heteroatoms. The highest BCUT2D eigenvalue weighted by atomic mass is 16.6. The highest BCUT2D eigenvalue weighted by molar-refractivity contribution is 5.83. The average Bonchev–Trinajstić information content (AvgIpc) is 2.25. The number of carbonyl (C=O) groups is 2. The lowest BCUT2D eigenvalue weighted by atomic mass is 10.0. The van der Waals surface area contributed by atoms with Crippen molar-refractivity contribution < 1.29 is 14.3 Å². The summed E-state index contributed by atoms with van der Waals surface area (Å²) in [5.41, 5.74) is -0.525. The van der Waals surface area contributed by atoms with E-state index in [-0.39, 0.29) is 18.5 Å². The molecular weight excluding hydrogens is 244 g/mol. The van der Waals surface area contributed by atoms with Crippen molar-refractivity contribution in [2.75, 3.05) is 19.6 Å². The maximum absolute atomic E-state index is 12.1. The van der Waals surface area contributed by atoms with E-state index in [4.69, 9.17) is 4.74 Å². The van der Waals surface area contributed by atoms with Crippen molar-refractivity contribution in [2.24, 2.45) is 5.92 Å². The minimum atomic E-state index is -0.525. The Balaban J connectivity index is 2.59. The van der Waals surface area contributed by atoms with Crippen molar-refractivity contribution in [1.82, 2.24) is 9.80 Å². The van der Waals surface area contributed by atoms with Gasteiger partial charge in [0, 0.05) is 19.1 Å².